The number of halogens is 4. The number of hydrogen-bond acceptors (Lipinski definition) is 6. The molecule has 12 heteroatoms. The zero-order valence-corrected chi connectivity index (χ0v) is 20.9. The molecule has 1 aliphatic carbocycles. The lowest BCUT2D eigenvalue weighted by Gasteiger charge is -2.46. The Kier molecular flexibility index (Phi) is 6.57. The average Bonchev–Trinajstić information content (AvgIpc) is 3.55. The van der Waals surface area contributed by atoms with Crippen LogP contribution in [-0.4, -0.2) is 55.4 Å². The van der Waals surface area contributed by atoms with E-state index in [1.165, 1.54) is 0 Å². The van der Waals surface area contributed by atoms with Crippen molar-refractivity contribution in [3.63, 3.8) is 0 Å². The largest absolute Gasteiger partial charge is 0.415 e. The van der Waals surface area contributed by atoms with Gasteiger partial charge in [-0.15, -0.1) is 10.2 Å². The molecule has 3 aromatic heterocycles. The number of carbonyl (C=O) groups is 1. The second-order valence-electron chi connectivity index (χ2n) is 10.2. The SMILES string of the molecule is O=C(C1CN(C2CCC(F)(F)CC2)C1)N(Cc1cn2ccc(-c3nnc(C(F)F)o3)cc2n1)c1ccccc1. The number of hydrogen-bond donors (Lipinski definition) is 0. The van der Waals surface area contributed by atoms with Gasteiger partial charge in [0.2, 0.25) is 17.7 Å². The first-order chi connectivity index (χ1) is 18.8. The van der Waals surface area contributed by atoms with Crippen molar-refractivity contribution in [1.29, 1.82) is 0 Å². The van der Waals surface area contributed by atoms with Crippen molar-refractivity contribution in [3.05, 3.63) is 66.4 Å². The number of imidazole rings is 1. The number of amides is 1. The summed E-state index contributed by atoms with van der Waals surface area (Å²) in [7, 11) is 0. The number of rotatable bonds is 7. The third-order valence-corrected chi connectivity index (χ3v) is 7.50. The van der Waals surface area contributed by atoms with Crippen LogP contribution in [-0.2, 0) is 11.3 Å². The lowest BCUT2D eigenvalue weighted by atomic mass is 9.86. The van der Waals surface area contributed by atoms with Gasteiger partial charge in [0.05, 0.1) is 18.2 Å². The van der Waals surface area contributed by atoms with Gasteiger partial charge in [-0.05, 0) is 37.1 Å². The molecule has 0 atom stereocenters. The number of benzene rings is 1. The molecule has 1 amide bonds. The molecule has 8 nitrogen and oxygen atoms in total. The minimum absolute atomic E-state index is 0.0327. The van der Waals surface area contributed by atoms with E-state index in [0.717, 1.165) is 5.69 Å². The molecule has 1 saturated carbocycles. The quantitative estimate of drug-likeness (QED) is 0.293. The summed E-state index contributed by atoms with van der Waals surface area (Å²) in [4.78, 5) is 22.1. The number of aromatic nitrogens is 4. The highest BCUT2D eigenvalue weighted by Gasteiger charge is 2.43. The van der Waals surface area contributed by atoms with Crippen LogP contribution in [0.4, 0.5) is 23.2 Å². The number of fused-ring (bicyclic) bond motifs is 1. The number of pyridine rings is 1. The highest BCUT2D eigenvalue weighted by atomic mass is 19.3. The minimum Gasteiger partial charge on any atom is -0.415 e. The van der Waals surface area contributed by atoms with E-state index < -0.39 is 18.2 Å². The predicted molar refractivity (Wildman–Crippen MR) is 133 cm³/mol. The lowest BCUT2D eigenvalue weighted by Crippen LogP contribution is -2.58. The molecule has 204 valence electrons. The van der Waals surface area contributed by atoms with Gasteiger partial charge in [0, 0.05) is 55.6 Å². The molecular weight excluding hydrogens is 516 g/mol. The van der Waals surface area contributed by atoms with Crippen LogP contribution in [0.25, 0.3) is 17.1 Å². The fourth-order valence-electron chi connectivity index (χ4n) is 5.33. The Balaban J connectivity index is 1.18. The Hall–Kier alpha value is -3.80. The summed E-state index contributed by atoms with van der Waals surface area (Å²) in [6.07, 6.45) is 1.36. The summed E-state index contributed by atoms with van der Waals surface area (Å²) in [6, 6.07) is 12.7. The number of carbonyl (C=O) groups excluding carboxylic acids is 1. The molecule has 1 aromatic carbocycles. The lowest BCUT2D eigenvalue weighted by molar-refractivity contribution is -0.130. The second kappa shape index (κ2) is 10.1. The predicted octanol–water partition coefficient (Wildman–Crippen LogP) is 5.36. The molecule has 2 aliphatic rings. The summed E-state index contributed by atoms with van der Waals surface area (Å²) >= 11 is 0. The molecular formula is C27H26F4N6O2. The first-order valence-electron chi connectivity index (χ1n) is 12.8. The molecule has 6 rings (SSSR count). The maximum absolute atomic E-state index is 13.6. The van der Waals surface area contributed by atoms with Gasteiger partial charge in [0.25, 0.3) is 5.89 Å². The molecule has 39 heavy (non-hydrogen) atoms. The molecule has 0 bridgehead atoms. The Bertz CT molecular complexity index is 1460. The van der Waals surface area contributed by atoms with Crippen molar-refractivity contribution in [2.45, 2.75) is 50.6 Å². The van der Waals surface area contributed by atoms with Gasteiger partial charge in [-0.25, -0.2) is 13.8 Å². The number of para-hydroxylation sites is 1. The van der Waals surface area contributed by atoms with E-state index >= 15 is 0 Å². The standard InChI is InChI=1S/C27H26F4N6O2/c28-23(29)25-34-33-24(39-25)17-8-11-35-15-19(32-22(35)12-17)16-37(21-4-2-1-3-5-21)26(38)18-13-36(14-18)20-6-9-27(30,31)10-7-20/h1-5,8,11-12,15,18,20,23H,6-7,9-10,13-14,16H2. The van der Waals surface area contributed by atoms with Crippen LogP contribution in [0.3, 0.4) is 0 Å². The van der Waals surface area contributed by atoms with Gasteiger partial charge >= 0.3 is 6.43 Å². The Labute approximate surface area is 221 Å². The summed E-state index contributed by atoms with van der Waals surface area (Å²) in [6.45, 7) is 1.33. The van der Waals surface area contributed by atoms with Crippen molar-refractivity contribution in [3.8, 4) is 11.5 Å². The van der Waals surface area contributed by atoms with Crippen LogP contribution in [0, 0.1) is 5.92 Å². The normalized spacial score (nSPS) is 18.5. The number of anilines is 1. The monoisotopic (exact) mass is 542 g/mol. The van der Waals surface area contributed by atoms with Crippen LogP contribution < -0.4 is 4.90 Å². The van der Waals surface area contributed by atoms with Crippen LogP contribution in [0.2, 0.25) is 0 Å². The average molecular weight is 543 g/mol. The van der Waals surface area contributed by atoms with Gasteiger partial charge < -0.3 is 13.7 Å². The fourth-order valence-corrected chi connectivity index (χ4v) is 5.33. The molecule has 0 unspecified atom stereocenters. The van der Waals surface area contributed by atoms with Crippen LogP contribution in [0.1, 0.15) is 43.7 Å². The smallest absolute Gasteiger partial charge is 0.314 e. The fraction of sp³-hybridized carbons (Fsp3) is 0.407. The van der Waals surface area contributed by atoms with Crippen LogP contribution >= 0.6 is 0 Å². The third-order valence-electron chi connectivity index (χ3n) is 7.50. The van der Waals surface area contributed by atoms with E-state index in [-0.39, 0.29) is 43.1 Å². The topological polar surface area (TPSA) is 79.8 Å². The van der Waals surface area contributed by atoms with E-state index in [1.54, 1.807) is 33.8 Å². The zero-order valence-electron chi connectivity index (χ0n) is 20.9. The molecule has 0 radical (unpaired) electrons. The molecule has 4 heterocycles. The molecule has 0 N–H and O–H groups in total. The van der Waals surface area contributed by atoms with Crippen molar-refractivity contribution < 1.29 is 26.8 Å². The summed E-state index contributed by atoms with van der Waals surface area (Å²) in [5.41, 5.74) is 2.35. The molecule has 2 fully saturated rings. The van der Waals surface area contributed by atoms with Crippen molar-refractivity contribution >= 4 is 17.2 Å². The molecule has 1 saturated heterocycles. The van der Waals surface area contributed by atoms with Crippen molar-refractivity contribution in [2.75, 3.05) is 18.0 Å². The zero-order chi connectivity index (χ0) is 27.1. The maximum atomic E-state index is 13.6. The molecule has 1 aliphatic heterocycles. The Morgan fingerprint density at radius 1 is 1.10 bits per heavy atom. The van der Waals surface area contributed by atoms with E-state index in [4.69, 9.17) is 4.42 Å². The number of alkyl halides is 4. The summed E-state index contributed by atoms with van der Waals surface area (Å²) in [5.74, 6) is -3.62. The number of likely N-dealkylation sites (tertiary alicyclic amines) is 1. The van der Waals surface area contributed by atoms with Gasteiger partial charge in [-0.1, -0.05) is 18.2 Å². The van der Waals surface area contributed by atoms with Gasteiger partial charge in [-0.2, -0.15) is 8.78 Å². The molecule has 4 aromatic rings. The third kappa shape index (κ3) is 5.25. The van der Waals surface area contributed by atoms with Crippen molar-refractivity contribution in [2.24, 2.45) is 5.92 Å². The van der Waals surface area contributed by atoms with E-state index in [2.05, 4.69) is 20.1 Å². The highest BCUT2D eigenvalue weighted by Crippen LogP contribution is 2.37. The Morgan fingerprint density at radius 2 is 1.85 bits per heavy atom. The van der Waals surface area contributed by atoms with E-state index in [0.29, 0.717) is 42.8 Å². The van der Waals surface area contributed by atoms with Crippen LogP contribution in [0.5, 0.6) is 0 Å². The summed E-state index contributed by atoms with van der Waals surface area (Å²) in [5, 5.41) is 7.05. The maximum Gasteiger partial charge on any atom is 0.314 e. The Morgan fingerprint density at radius 3 is 2.54 bits per heavy atom. The van der Waals surface area contributed by atoms with Crippen LogP contribution in [0.15, 0.2) is 59.3 Å². The number of nitrogens with zero attached hydrogens (tertiary/aromatic N) is 6. The van der Waals surface area contributed by atoms with Crippen molar-refractivity contribution in [1.82, 2.24) is 24.5 Å². The second-order valence-corrected chi connectivity index (χ2v) is 10.2. The van der Waals surface area contributed by atoms with E-state index in [9.17, 15) is 22.4 Å². The minimum atomic E-state index is -2.86. The van der Waals surface area contributed by atoms with E-state index in [1.807, 2.05) is 30.3 Å². The molecule has 0 spiro atoms. The van der Waals surface area contributed by atoms with Gasteiger partial charge in [-0.3, -0.25) is 9.69 Å². The summed E-state index contributed by atoms with van der Waals surface area (Å²) < 4.78 is 59.6. The van der Waals surface area contributed by atoms with Gasteiger partial charge in [0.1, 0.15) is 5.65 Å². The van der Waals surface area contributed by atoms with Gasteiger partial charge in [0.15, 0.2) is 0 Å². The first kappa shape index (κ1) is 25.5. The first-order valence-corrected chi connectivity index (χ1v) is 12.8. The highest BCUT2D eigenvalue weighted by molar-refractivity contribution is 5.95.